The predicted molar refractivity (Wildman–Crippen MR) is 105 cm³/mol. The molecule has 2 amide bonds. The first kappa shape index (κ1) is 18.4. The molecule has 28 heavy (non-hydrogen) atoms. The van der Waals surface area contributed by atoms with E-state index in [9.17, 15) is 9.59 Å². The SMILES string of the molecule is COc1cc(N)c(Cl)cc1C(=O)N1CCC2(CC1)NC(=O)c1ccccc1O2. The molecule has 2 aromatic rings. The van der Waals surface area contributed by atoms with Crippen LogP contribution in [0.5, 0.6) is 11.5 Å². The minimum atomic E-state index is -0.801. The van der Waals surface area contributed by atoms with Gasteiger partial charge in [-0.25, -0.2) is 0 Å². The number of nitrogen functional groups attached to an aromatic ring is 1. The highest BCUT2D eigenvalue weighted by molar-refractivity contribution is 6.33. The summed E-state index contributed by atoms with van der Waals surface area (Å²) >= 11 is 6.09. The van der Waals surface area contributed by atoms with E-state index in [-0.39, 0.29) is 11.8 Å². The summed E-state index contributed by atoms with van der Waals surface area (Å²) in [4.78, 5) is 27.1. The molecule has 1 saturated heterocycles. The molecule has 1 spiro atoms. The number of fused-ring (bicyclic) bond motifs is 1. The Bertz CT molecular complexity index is 954. The van der Waals surface area contributed by atoms with Gasteiger partial charge in [0.2, 0.25) is 0 Å². The Morgan fingerprint density at radius 2 is 2.00 bits per heavy atom. The molecule has 4 rings (SSSR count). The Morgan fingerprint density at radius 3 is 2.71 bits per heavy atom. The molecule has 0 radical (unpaired) electrons. The van der Waals surface area contributed by atoms with Crippen LogP contribution in [0.1, 0.15) is 33.6 Å². The second kappa shape index (κ2) is 6.91. The second-order valence-corrected chi connectivity index (χ2v) is 7.32. The van der Waals surface area contributed by atoms with E-state index in [0.717, 1.165) is 0 Å². The van der Waals surface area contributed by atoms with Gasteiger partial charge in [-0.2, -0.15) is 0 Å². The molecule has 0 bridgehead atoms. The number of piperidine rings is 1. The summed E-state index contributed by atoms with van der Waals surface area (Å²) < 4.78 is 11.4. The monoisotopic (exact) mass is 401 g/mol. The van der Waals surface area contributed by atoms with E-state index in [1.54, 1.807) is 29.2 Å². The average Bonchev–Trinajstić information content (AvgIpc) is 2.70. The number of methoxy groups -OCH3 is 1. The van der Waals surface area contributed by atoms with Crippen molar-refractivity contribution in [2.75, 3.05) is 25.9 Å². The molecule has 3 N–H and O–H groups in total. The van der Waals surface area contributed by atoms with Crippen LogP contribution in [0.3, 0.4) is 0 Å². The molecular formula is C20H20ClN3O4. The topological polar surface area (TPSA) is 93.9 Å². The van der Waals surface area contributed by atoms with Crippen LogP contribution in [-0.2, 0) is 0 Å². The Morgan fingerprint density at radius 1 is 1.29 bits per heavy atom. The van der Waals surface area contributed by atoms with Gasteiger partial charge in [0, 0.05) is 32.0 Å². The van der Waals surface area contributed by atoms with Crippen LogP contribution in [0.4, 0.5) is 5.69 Å². The molecule has 1 fully saturated rings. The molecule has 2 heterocycles. The molecule has 0 unspecified atom stereocenters. The number of carbonyl (C=O) groups is 2. The number of hydrogen-bond acceptors (Lipinski definition) is 5. The third-order valence-electron chi connectivity index (χ3n) is 5.19. The number of nitrogens with zero attached hydrogens (tertiary/aromatic N) is 1. The van der Waals surface area contributed by atoms with Crippen LogP contribution in [0.25, 0.3) is 0 Å². The molecule has 8 heteroatoms. The van der Waals surface area contributed by atoms with Crippen molar-refractivity contribution in [2.24, 2.45) is 0 Å². The molecule has 2 aromatic carbocycles. The largest absolute Gasteiger partial charge is 0.496 e. The molecule has 0 saturated carbocycles. The lowest BCUT2D eigenvalue weighted by atomic mass is 9.96. The standard InChI is InChI=1S/C20H20ClN3O4/c1-27-17-11-15(22)14(21)10-13(17)19(26)24-8-6-20(7-9-24)23-18(25)12-4-2-3-5-16(12)28-20/h2-5,10-11H,6-9,22H2,1H3,(H,23,25). The lowest BCUT2D eigenvalue weighted by Crippen LogP contribution is -2.61. The van der Waals surface area contributed by atoms with Gasteiger partial charge in [0.1, 0.15) is 11.5 Å². The van der Waals surface area contributed by atoms with Crippen molar-refractivity contribution in [1.29, 1.82) is 0 Å². The maximum Gasteiger partial charge on any atom is 0.258 e. The van der Waals surface area contributed by atoms with E-state index in [0.29, 0.717) is 59.3 Å². The summed E-state index contributed by atoms with van der Waals surface area (Å²) in [5.41, 5.74) is 6.23. The Balaban J connectivity index is 1.52. The number of nitrogens with two attached hydrogens (primary N) is 1. The fourth-order valence-electron chi connectivity index (χ4n) is 3.63. The van der Waals surface area contributed by atoms with E-state index in [4.69, 9.17) is 26.8 Å². The third kappa shape index (κ3) is 3.11. The number of hydrogen-bond donors (Lipinski definition) is 2. The van der Waals surface area contributed by atoms with Crippen molar-refractivity contribution in [3.63, 3.8) is 0 Å². The van der Waals surface area contributed by atoms with Crippen molar-refractivity contribution in [3.8, 4) is 11.5 Å². The quantitative estimate of drug-likeness (QED) is 0.754. The molecule has 2 aliphatic rings. The lowest BCUT2D eigenvalue weighted by molar-refractivity contribution is -0.0245. The number of amides is 2. The normalized spacial score (nSPS) is 17.5. The number of rotatable bonds is 2. The Hall–Kier alpha value is -2.93. The van der Waals surface area contributed by atoms with Crippen LogP contribution in [-0.4, -0.2) is 42.6 Å². The van der Waals surface area contributed by atoms with Gasteiger partial charge in [-0.05, 0) is 18.2 Å². The zero-order valence-corrected chi connectivity index (χ0v) is 16.1. The molecule has 0 aromatic heterocycles. The Labute approximate surface area is 167 Å². The Kier molecular flexibility index (Phi) is 4.55. The number of para-hydroxylation sites is 1. The summed E-state index contributed by atoms with van der Waals surface area (Å²) in [6, 6.07) is 10.2. The van der Waals surface area contributed by atoms with Gasteiger partial charge in [-0.1, -0.05) is 23.7 Å². The highest BCUT2D eigenvalue weighted by Crippen LogP contribution is 2.35. The summed E-state index contributed by atoms with van der Waals surface area (Å²) in [5.74, 6) is 0.589. The summed E-state index contributed by atoms with van der Waals surface area (Å²) in [5, 5.41) is 3.27. The molecule has 7 nitrogen and oxygen atoms in total. The first-order chi connectivity index (χ1) is 13.4. The van der Waals surface area contributed by atoms with Gasteiger partial charge in [0.05, 0.1) is 28.9 Å². The van der Waals surface area contributed by atoms with Crippen molar-refractivity contribution >= 4 is 29.1 Å². The smallest absolute Gasteiger partial charge is 0.258 e. The first-order valence-electron chi connectivity index (χ1n) is 8.95. The maximum atomic E-state index is 13.0. The van der Waals surface area contributed by atoms with E-state index in [2.05, 4.69) is 5.32 Å². The van der Waals surface area contributed by atoms with E-state index < -0.39 is 5.72 Å². The molecule has 2 aliphatic heterocycles. The zero-order valence-electron chi connectivity index (χ0n) is 15.3. The van der Waals surface area contributed by atoms with E-state index >= 15 is 0 Å². The van der Waals surface area contributed by atoms with Gasteiger partial charge < -0.3 is 25.4 Å². The van der Waals surface area contributed by atoms with Crippen molar-refractivity contribution in [2.45, 2.75) is 18.6 Å². The highest BCUT2D eigenvalue weighted by Gasteiger charge is 2.43. The minimum Gasteiger partial charge on any atom is -0.496 e. The van der Waals surface area contributed by atoms with E-state index in [1.807, 2.05) is 6.07 Å². The van der Waals surface area contributed by atoms with Gasteiger partial charge in [-0.15, -0.1) is 0 Å². The van der Waals surface area contributed by atoms with Gasteiger partial charge in [0.25, 0.3) is 11.8 Å². The number of ether oxygens (including phenoxy) is 2. The van der Waals surface area contributed by atoms with Crippen LogP contribution in [0.15, 0.2) is 36.4 Å². The van der Waals surface area contributed by atoms with Gasteiger partial charge in [0.15, 0.2) is 5.72 Å². The third-order valence-corrected chi connectivity index (χ3v) is 5.51. The number of halogens is 1. The van der Waals surface area contributed by atoms with Gasteiger partial charge >= 0.3 is 0 Å². The van der Waals surface area contributed by atoms with Crippen LogP contribution < -0.4 is 20.5 Å². The van der Waals surface area contributed by atoms with Crippen LogP contribution in [0.2, 0.25) is 5.02 Å². The van der Waals surface area contributed by atoms with Crippen LogP contribution in [0, 0.1) is 0 Å². The van der Waals surface area contributed by atoms with Crippen LogP contribution >= 0.6 is 11.6 Å². The fraction of sp³-hybridized carbons (Fsp3) is 0.300. The lowest BCUT2D eigenvalue weighted by Gasteiger charge is -2.44. The number of nitrogens with one attached hydrogen (secondary N) is 1. The summed E-state index contributed by atoms with van der Waals surface area (Å²) in [7, 11) is 1.48. The number of anilines is 1. The number of benzene rings is 2. The highest BCUT2D eigenvalue weighted by atomic mass is 35.5. The van der Waals surface area contributed by atoms with Crippen molar-refractivity contribution < 1.29 is 19.1 Å². The molecule has 0 atom stereocenters. The van der Waals surface area contributed by atoms with E-state index in [1.165, 1.54) is 13.2 Å². The number of likely N-dealkylation sites (tertiary alicyclic amines) is 1. The van der Waals surface area contributed by atoms with Gasteiger partial charge in [-0.3, -0.25) is 9.59 Å². The zero-order chi connectivity index (χ0) is 19.9. The fourth-order valence-corrected chi connectivity index (χ4v) is 3.79. The second-order valence-electron chi connectivity index (χ2n) is 6.91. The van der Waals surface area contributed by atoms with Crippen molar-refractivity contribution in [1.82, 2.24) is 10.2 Å². The minimum absolute atomic E-state index is 0.159. The number of carbonyl (C=O) groups excluding carboxylic acids is 2. The predicted octanol–water partition coefficient (Wildman–Crippen LogP) is 2.69. The summed E-state index contributed by atoms with van der Waals surface area (Å²) in [6.45, 7) is 0.846. The average molecular weight is 402 g/mol. The van der Waals surface area contributed by atoms with Crippen molar-refractivity contribution in [3.05, 3.63) is 52.5 Å². The first-order valence-corrected chi connectivity index (χ1v) is 9.33. The molecular weight excluding hydrogens is 382 g/mol. The summed E-state index contributed by atoms with van der Waals surface area (Å²) in [6.07, 6.45) is 0.952. The maximum absolute atomic E-state index is 13.0. The molecule has 146 valence electrons. The molecule has 0 aliphatic carbocycles.